The molecule has 1 fully saturated rings. The lowest BCUT2D eigenvalue weighted by Crippen LogP contribution is -2.58. The fourth-order valence-electron chi connectivity index (χ4n) is 5.93. The van der Waals surface area contributed by atoms with E-state index in [1.54, 1.807) is 19.1 Å². The van der Waals surface area contributed by atoms with E-state index in [9.17, 15) is 29.1 Å². The van der Waals surface area contributed by atoms with Gasteiger partial charge in [0.05, 0.1) is 12.4 Å². The van der Waals surface area contributed by atoms with Crippen molar-refractivity contribution in [3.63, 3.8) is 0 Å². The number of nitrogens with two attached hydrogens (primary N) is 2. The van der Waals surface area contributed by atoms with Gasteiger partial charge in [-0.05, 0) is 66.6 Å². The van der Waals surface area contributed by atoms with Crippen LogP contribution in [-0.2, 0) is 36.8 Å². The van der Waals surface area contributed by atoms with Gasteiger partial charge in [0.2, 0.25) is 29.5 Å². The maximum Gasteiger partial charge on any atom is 0.243 e. The van der Waals surface area contributed by atoms with Crippen LogP contribution in [0.15, 0.2) is 76.7 Å². The first-order valence-electron chi connectivity index (χ1n) is 17.9. The van der Waals surface area contributed by atoms with Gasteiger partial charge in [0, 0.05) is 33.0 Å². The Balaban J connectivity index is 1.67. The van der Waals surface area contributed by atoms with Gasteiger partial charge in [-0.1, -0.05) is 54.6 Å². The van der Waals surface area contributed by atoms with Crippen molar-refractivity contribution in [3.05, 3.63) is 77.9 Å². The van der Waals surface area contributed by atoms with Crippen LogP contribution in [-0.4, -0.2) is 97.3 Å². The number of guanidine groups is 1. The summed E-state index contributed by atoms with van der Waals surface area (Å²) in [6.45, 7) is 1.78. The molecule has 288 valence electrons. The van der Waals surface area contributed by atoms with Crippen molar-refractivity contribution in [2.24, 2.45) is 21.5 Å². The third-order valence-electron chi connectivity index (χ3n) is 8.83. The topological polar surface area (TPSA) is 255 Å². The maximum absolute atomic E-state index is 14.0. The van der Waals surface area contributed by atoms with Crippen molar-refractivity contribution in [1.82, 2.24) is 31.9 Å². The third kappa shape index (κ3) is 12.8. The molecule has 4 rings (SSSR count). The lowest BCUT2D eigenvalue weighted by molar-refractivity contribution is -0.134. The van der Waals surface area contributed by atoms with E-state index < -0.39 is 60.2 Å². The number of aliphatic imine (C=N–C) groups is 2. The van der Waals surface area contributed by atoms with Gasteiger partial charge in [-0.2, -0.15) is 0 Å². The quantitative estimate of drug-likeness (QED) is 0.0680. The van der Waals surface area contributed by atoms with Crippen LogP contribution in [0.1, 0.15) is 43.7 Å². The van der Waals surface area contributed by atoms with E-state index >= 15 is 0 Å². The lowest BCUT2D eigenvalue weighted by atomic mass is 10.0. The number of aromatic hydroxyl groups is 1. The van der Waals surface area contributed by atoms with E-state index in [1.165, 1.54) is 19.2 Å². The largest absolute Gasteiger partial charge is 0.508 e. The summed E-state index contributed by atoms with van der Waals surface area (Å²) in [5.74, 6) is -2.62. The van der Waals surface area contributed by atoms with E-state index in [4.69, 9.17) is 11.5 Å². The number of phenolic OH excluding ortho intramolecular Hbond substituents is 1. The highest BCUT2D eigenvalue weighted by Crippen LogP contribution is 2.17. The van der Waals surface area contributed by atoms with E-state index in [2.05, 4.69) is 41.9 Å². The molecule has 1 aliphatic rings. The second-order valence-corrected chi connectivity index (χ2v) is 13.1. The fraction of sp³-hybridized carbons (Fsp3) is 0.395. The average molecular weight is 743 g/mol. The van der Waals surface area contributed by atoms with Crippen molar-refractivity contribution >= 4 is 52.1 Å². The zero-order chi connectivity index (χ0) is 39.0. The van der Waals surface area contributed by atoms with Crippen LogP contribution in [0, 0.1) is 0 Å². The minimum atomic E-state index is -1.16. The number of rotatable bonds is 12. The van der Waals surface area contributed by atoms with Gasteiger partial charge in [0.1, 0.15) is 29.9 Å². The van der Waals surface area contributed by atoms with Gasteiger partial charge in [0.25, 0.3) is 0 Å². The van der Waals surface area contributed by atoms with E-state index in [0.29, 0.717) is 30.8 Å². The molecule has 16 nitrogen and oxygen atoms in total. The van der Waals surface area contributed by atoms with Crippen LogP contribution in [0.4, 0.5) is 0 Å². The van der Waals surface area contributed by atoms with Crippen LogP contribution in [0.2, 0.25) is 0 Å². The van der Waals surface area contributed by atoms with Crippen LogP contribution in [0.25, 0.3) is 10.8 Å². The number of hydrogen-bond acceptors (Lipinski definition) is 8. The number of phenols is 1. The molecule has 5 amide bonds. The smallest absolute Gasteiger partial charge is 0.243 e. The molecule has 3 aromatic rings. The summed E-state index contributed by atoms with van der Waals surface area (Å²) < 4.78 is 0. The van der Waals surface area contributed by atoms with Crippen LogP contribution < -0.4 is 43.4 Å². The molecule has 0 saturated carbocycles. The number of nitrogens with one attached hydrogen (secondary N) is 6. The molecule has 0 bridgehead atoms. The first kappa shape index (κ1) is 40.6. The van der Waals surface area contributed by atoms with E-state index in [1.807, 2.05) is 42.5 Å². The summed E-state index contributed by atoms with van der Waals surface area (Å²) in [7, 11) is 1.53. The fourth-order valence-corrected chi connectivity index (χ4v) is 5.93. The molecular weight excluding hydrogens is 692 g/mol. The molecule has 54 heavy (non-hydrogen) atoms. The first-order chi connectivity index (χ1) is 25.9. The minimum absolute atomic E-state index is 0.0151. The Kier molecular flexibility index (Phi) is 15.1. The second-order valence-electron chi connectivity index (χ2n) is 13.1. The number of nitrogens with zero attached hydrogens (tertiary/aromatic N) is 2. The molecular formula is C38H50N10O6. The number of carbonyl (C=O) groups excluding carboxylic acids is 5. The zero-order valence-corrected chi connectivity index (χ0v) is 30.6. The van der Waals surface area contributed by atoms with Crippen molar-refractivity contribution in [1.29, 1.82) is 0 Å². The van der Waals surface area contributed by atoms with Crippen molar-refractivity contribution in [2.45, 2.75) is 69.6 Å². The molecule has 0 spiro atoms. The summed E-state index contributed by atoms with van der Waals surface area (Å²) in [6, 6.07) is 15.0. The molecule has 1 aliphatic heterocycles. The van der Waals surface area contributed by atoms with Gasteiger partial charge in [-0.3, -0.25) is 34.0 Å². The van der Waals surface area contributed by atoms with Crippen LogP contribution >= 0.6 is 0 Å². The highest BCUT2D eigenvalue weighted by Gasteiger charge is 2.32. The normalized spacial score (nSPS) is 20.8. The Labute approximate surface area is 314 Å². The van der Waals surface area contributed by atoms with Crippen molar-refractivity contribution in [2.75, 3.05) is 26.7 Å². The molecule has 1 heterocycles. The number of fused-ring (bicyclic) bond motifs is 1. The molecule has 4 atom stereocenters. The highest BCUT2D eigenvalue weighted by atomic mass is 16.3. The van der Waals surface area contributed by atoms with Crippen LogP contribution in [0.5, 0.6) is 5.75 Å². The summed E-state index contributed by atoms with van der Waals surface area (Å²) in [6.07, 6.45) is 1.13. The SMILES string of the molecule is CN=C(N)NCCCC1NC(=O)C(CCCN=C(C)N)NC(=O)C(Cc2ccc(O)cc2)NC(=O)CNC(=O)C(Cc2ccc3ccccc3c2)NC1=O. The molecule has 3 aromatic carbocycles. The summed E-state index contributed by atoms with van der Waals surface area (Å²) >= 11 is 0. The molecule has 1 saturated heterocycles. The maximum atomic E-state index is 14.0. The van der Waals surface area contributed by atoms with Gasteiger partial charge in [0.15, 0.2) is 5.96 Å². The molecule has 0 aromatic heterocycles. The molecule has 0 radical (unpaired) electrons. The standard InChI is InChI=1S/C38H50N10O6/c1-23(39)42-17-5-9-29-35(52)46-30(10-6-18-43-38(40)41-2)36(53)48-31(21-25-11-14-26-7-3-4-8-27(26)19-25)34(51)44-22-33(50)45-32(37(54)47-29)20-24-12-15-28(49)16-13-24/h3-4,7-8,11-16,19,29-32,49H,5-6,9-10,17-18,20-22H2,1-2H3,(H2,39,42)(H,44,51)(H,45,50)(H,46,52)(H,47,54)(H,48,53)(H3,40,41,43). The Hall–Kier alpha value is -6.19. The Bertz CT molecular complexity index is 1840. The Morgan fingerprint density at radius 1 is 0.741 bits per heavy atom. The van der Waals surface area contributed by atoms with Gasteiger partial charge < -0.3 is 48.5 Å². The molecule has 0 aliphatic carbocycles. The minimum Gasteiger partial charge on any atom is -0.508 e. The summed E-state index contributed by atoms with van der Waals surface area (Å²) in [4.78, 5) is 76.8. The molecule has 4 unspecified atom stereocenters. The number of hydrogen-bond donors (Lipinski definition) is 9. The van der Waals surface area contributed by atoms with Gasteiger partial charge >= 0.3 is 0 Å². The van der Waals surface area contributed by atoms with E-state index in [0.717, 1.165) is 16.3 Å². The van der Waals surface area contributed by atoms with Crippen molar-refractivity contribution < 1.29 is 29.1 Å². The molecule has 11 N–H and O–H groups in total. The zero-order valence-electron chi connectivity index (χ0n) is 30.6. The van der Waals surface area contributed by atoms with E-state index in [-0.39, 0.29) is 43.9 Å². The number of amidine groups is 1. The number of benzene rings is 3. The number of amides is 5. The van der Waals surface area contributed by atoms with Crippen LogP contribution in [0.3, 0.4) is 0 Å². The lowest BCUT2D eigenvalue weighted by Gasteiger charge is -2.26. The molecule has 16 heteroatoms. The predicted molar refractivity (Wildman–Crippen MR) is 206 cm³/mol. The Morgan fingerprint density at radius 3 is 1.98 bits per heavy atom. The first-order valence-corrected chi connectivity index (χ1v) is 17.9. The predicted octanol–water partition coefficient (Wildman–Crippen LogP) is -0.129. The summed E-state index contributed by atoms with van der Waals surface area (Å²) in [5.41, 5.74) is 12.8. The highest BCUT2D eigenvalue weighted by molar-refractivity contribution is 5.97. The van der Waals surface area contributed by atoms with Gasteiger partial charge in [-0.15, -0.1) is 0 Å². The Morgan fingerprint density at radius 2 is 1.31 bits per heavy atom. The van der Waals surface area contributed by atoms with Gasteiger partial charge in [-0.25, -0.2) is 0 Å². The third-order valence-corrected chi connectivity index (χ3v) is 8.83. The summed E-state index contributed by atoms with van der Waals surface area (Å²) in [5, 5.41) is 28.3. The van der Waals surface area contributed by atoms with Crippen molar-refractivity contribution in [3.8, 4) is 5.75 Å². The second kappa shape index (κ2) is 20.2. The number of carbonyl (C=O) groups is 5. The average Bonchev–Trinajstić information content (AvgIpc) is 3.15. The monoisotopic (exact) mass is 742 g/mol.